The lowest BCUT2D eigenvalue weighted by Crippen LogP contribution is -2.28. The molecule has 0 aromatic heterocycles. The molecular weight excluding hydrogens is 178 g/mol. The van der Waals surface area contributed by atoms with Crippen LogP contribution in [0.25, 0.3) is 0 Å². The number of hydrogen-bond acceptors (Lipinski definition) is 3. The summed E-state index contributed by atoms with van der Waals surface area (Å²) < 4.78 is 5.50. The maximum atomic E-state index is 11.1. The van der Waals surface area contributed by atoms with Crippen molar-refractivity contribution in [2.24, 2.45) is 0 Å². The standard InChI is InChI=1S/C11H13NO2/c1-7-6-14-11-4-3-9(8(2)13)5-10(11)12-7/h3-5,7,12H,6H2,1-2H3. The van der Waals surface area contributed by atoms with Crippen molar-refractivity contribution in [3.05, 3.63) is 23.8 Å². The number of Topliss-reactive ketones (excluding diaryl/α,β-unsaturated/α-hetero) is 1. The lowest BCUT2D eigenvalue weighted by molar-refractivity contribution is 0.101. The Hall–Kier alpha value is -1.51. The minimum Gasteiger partial charge on any atom is -0.489 e. The zero-order valence-corrected chi connectivity index (χ0v) is 8.33. The SMILES string of the molecule is CC(=O)c1ccc2c(c1)NC(C)CO2. The van der Waals surface area contributed by atoms with Crippen molar-refractivity contribution in [1.29, 1.82) is 0 Å². The molecule has 0 spiro atoms. The van der Waals surface area contributed by atoms with Gasteiger partial charge in [-0.05, 0) is 32.0 Å². The van der Waals surface area contributed by atoms with Crippen molar-refractivity contribution in [2.45, 2.75) is 19.9 Å². The van der Waals surface area contributed by atoms with E-state index < -0.39 is 0 Å². The van der Waals surface area contributed by atoms with Gasteiger partial charge in [-0.15, -0.1) is 0 Å². The number of carbonyl (C=O) groups is 1. The van der Waals surface area contributed by atoms with E-state index >= 15 is 0 Å². The second-order valence-corrected chi connectivity index (χ2v) is 3.62. The van der Waals surface area contributed by atoms with E-state index in [4.69, 9.17) is 4.74 Å². The van der Waals surface area contributed by atoms with Crippen LogP contribution in [-0.2, 0) is 0 Å². The summed E-state index contributed by atoms with van der Waals surface area (Å²) in [5.74, 6) is 0.904. The van der Waals surface area contributed by atoms with Crippen molar-refractivity contribution in [3.63, 3.8) is 0 Å². The topological polar surface area (TPSA) is 38.3 Å². The summed E-state index contributed by atoms with van der Waals surface area (Å²) in [6.45, 7) is 4.28. The third-order valence-corrected chi connectivity index (χ3v) is 2.28. The average molecular weight is 191 g/mol. The number of benzene rings is 1. The molecule has 2 rings (SSSR count). The Morgan fingerprint density at radius 2 is 2.36 bits per heavy atom. The predicted molar refractivity (Wildman–Crippen MR) is 55.0 cm³/mol. The van der Waals surface area contributed by atoms with Gasteiger partial charge in [0.25, 0.3) is 0 Å². The van der Waals surface area contributed by atoms with Gasteiger partial charge in [0.2, 0.25) is 0 Å². The molecule has 1 heterocycles. The zero-order valence-electron chi connectivity index (χ0n) is 8.33. The fraction of sp³-hybridized carbons (Fsp3) is 0.364. The number of carbonyl (C=O) groups excluding carboxylic acids is 1. The van der Waals surface area contributed by atoms with E-state index in [0.29, 0.717) is 18.2 Å². The van der Waals surface area contributed by atoms with E-state index in [0.717, 1.165) is 11.4 Å². The van der Waals surface area contributed by atoms with Crippen LogP contribution in [0.3, 0.4) is 0 Å². The van der Waals surface area contributed by atoms with E-state index in [1.165, 1.54) is 0 Å². The summed E-state index contributed by atoms with van der Waals surface area (Å²) in [4.78, 5) is 11.1. The lowest BCUT2D eigenvalue weighted by atomic mass is 10.1. The number of nitrogens with one attached hydrogen (secondary N) is 1. The van der Waals surface area contributed by atoms with Crippen molar-refractivity contribution in [2.75, 3.05) is 11.9 Å². The van der Waals surface area contributed by atoms with E-state index in [2.05, 4.69) is 5.32 Å². The van der Waals surface area contributed by atoms with E-state index in [1.54, 1.807) is 13.0 Å². The Morgan fingerprint density at radius 1 is 1.57 bits per heavy atom. The van der Waals surface area contributed by atoms with Gasteiger partial charge in [0.15, 0.2) is 5.78 Å². The third-order valence-electron chi connectivity index (χ3n) is 2.28. The van der Waals surface area contributed by atoms with Gasteiger partial charge < -0.3 is 10.1 Å². The first kappa shape index (κ1) is 9.06. The Bertz CT molecular complexity index is 374. The molecule has 1 aliphatic heterocycles. The first-order valence-corrected chi connectivity index (χ1v) is 4.71. The highest BCUT2D eigenvalue weighted by Gasteiger charge is 2.15. The highest BCUT2D eigenvalue weighted by Crippen LogP contribution is 2.29. The number of anilines is 1. The van der Waals surface area contributed by atoms with Gasteiger partial charge in [-0.1, -0.05) is 0 Å². The molecule has 1 aromatic rings. The average Bonchev–Trinajstić information content (AvgIpc) is 2.16. The second-order valence-electron chi connectivity index (χ2n) is 3.62. The van der Waals surface area contributed by atoms with Crippen molar-refractivity contribution < 1.29 is 9.53 Å². The second kappa shape index (κ2) is 3.33. The summed E-state index contributed by atoms with van der Waals surface area (Å²) in [6, 6.07) is 5.77. The molecule has 0 amide bonds. The third kappa shape index (κ3) is 1.58. The van der Waals surface area contributed by atoms with Crippen LogP contribution in [0.1, 0.15) is 24.2 Å². The van der Waals surface area contributed by atoms with Gasteiger partial charge in [0, 0.05) is 5.56 Å². The Labute approximate surface area is 83.1 Å². The van der Waals surface area contributed by atoms with Crippen molar-refractivity contribution >= 4 is 11.5 Å². The molecule has 0 fully saturated rings. The molecule has 3 nitrogen and oxygen atoms in total. The maximum absolute atomic E-state index is 11.1. The molecule has 0 saturated carbocycles. The summed E-state index contributed by atoms with van der Waals surface area (Å²) in [5.41, 5.74) is 1.63. The van der Waals surface area contributed by atoms with Crippen molar-refractivity contribution in [1.82, 2.24) is 0 Å². The quantitative estimate of drug-likeness (QED) is 0.691. The van der Waals surface area contributed by atoms with Crippen LogP contribution >= 0.6 is 0 Å². The van der Waals surface area contributed by atoms with Gasteiger partial charge in [-0.25, -0.2) is 0 Å². The molecule has 0 aliphatic carbocycles. The fourth-order valence-corrected chi connectivity index (χ4v) is 1.51. The van der Waals surface area contributed by atoms with Crippen molar-refractivity contribution in [3.8, 4) is 5.75 Å². The largest absolute Gasteiger partial charge is 0.489 e. The lowest BCUT2D eigenvalue weighted by Gasteiger charge is -2.24. The molecule has 74 valence electrons. The molecule has 1 aliphatic rings. The van der Waals surface area contributed by atoms with Crippen LogP contribution in [0.15, 0.2) is 18.2 Å². The molecule has 0 saturated heterocycles. The monoisotopic (exact) mass is 191 g/mol. The summed E-state index contributed by atoms with van der Waals surface area (Å²) in [6.07, 6.45) is 0. The molecule has 1 N–H and O–H groups in total. The van der Waals surface area contributed by atoms with Crippen LogP contribution in [-0.4, -0.2) is 18.4 Å². The van der Waals surface area contributed by atoms with E-state index in [-0.39, 0.29) is 5.78 Å². The minimum absolute atomic E-state index is 0.0767. The summed E-state index contributed by atoms with van der Waals surface area (Å²) in [7, 11) is 0. The maximum Gasteiger partial charge on any atom is 0.159 e. The molecule has 1 unspecified atom stereocenters. The zero-order chi connectivity index (χ0) is 10.1. The molecule has 1 atom stereocenters. The smallest absolute Gasteiger partial charge is 0.159 e. The number of rotatable bonds is 1. The normalized spacial score (nSPS) is 19.1. The van der Waals surface area contributed by atoms with Crippen LogP contribution in [0, 0.1) is 0 Å². The molecule has 14 heavy (non-hydrogen) atoms. The summed E-state index contributed by atoms with van der Waals surface area (Å²) >= 11 is 0. The summed E-state index contributed by atoms with van der Waals surface area (Å²) in [5, 5.41) is 3.28. The molecular formula is C11H13NO2. The number of hydrogen-bond donors (Lipinski definition) is 1. The minimum atomic E-state index is 0.0767. The molecule has 3 heteroatoms. The van der Waals surface area contributed by atoms with Crippen LogP contribution in [0.2, 0.25) is 0 Å². The Morgan fingerprint density at radius 3 is 3.07 bits per heavy atom. The predicted octanol–water partition coefficient (Wildman–Crippen LogP) is 2.08. The number of ketones is 1. The van der Waals surface area contributed by atoms with Crippen LogP contribution < -0.4 is 10.1 Å². The number of fused-ring (bicyclic) bond motifs is 1. The first-order valence-electron chi connectivity index (χ1n) is 4.71. The van der Waals surface area contributed by atoms with Gasteiger partial charge in [0.05, 0.1) is 11.7 Å². The van der Waals surface area contributed by atoms with E-state index in [1.807, 2.05) is 19.1 Å². The highest BCUT2D eigenvalue weighted by atomic mass is 16.5. The Balaban J connectivity index is 2.37. The first-order chi connectivity index (χ1) is 6.66. The molecule has 0 bridgehead atoms. The van der Waals surface area contributed by atoms with Gasteiger partial charge in [-0.3, -0.25) is 4.79 Å². The van der Waals surface area contributed by atoms with Crippen LogP contribution in [0.5, 0.6) is 5.75 Å². The van der Waals surface area contributed by atoms with Gasteiger partial charge >= 0.3 is 0 Å². The highest BCUT2D eigenvalue weighted by molar-refractivity contribution is 5.95. The molecule has 0 radical (unpaired) electrons. The molecule has 1 aromatic carbocycles. The fourth-order valence-electron chi connectivity index (χ4n) is 1.51. The Kier molecular flexibility index (Phi) is 2.15. The van der Waals surface area contributed by atoms with E-state index in [9.17, 15) is 4.79 Å². The number of ether oxygens (including phenoxy) is 1. The van der Waals surface area contributed by atoms with Gasteiger partial charge in [0.1, 0.15) is 12.4 Å². The van der Waals surface area contributed by atoms with Gasteiger partial charge in [-0.2, -0.15) is 0 Å². The van der Waals surface area contributed by atoms with Crippen LogP contribution in [0.4, 0.5) is 5.69 Å².